The van der Waals surface area contributed by atoms with Gasteiger partial charge in [0.25, 0.3) is 5.91 Å². The molecule has 0 radical (unpaired) electrons. The van der Waals surface area contributed by atoms with Crippen molar-refractivity contribution in [1.82, 2.24) is 19.9 Å². The molecule has 1 N–H and O–H groups in total. The van der Waals surface area contributed by atoms with Crippen LogP contribution < -0.4 is 5.32 Å². The van der Waals surface area contributed by atoms with Crippen LogP contribution in [0.15, 0.2) is 60.8 Å². The van der Waals surface area contributed by atoms with E-state index in [0.717, 1.165) is 41.1 Å². The Labute approximate surface area is 183 Å². The minimum atomic E-state index is -0.0920. The van der Waals surface area contributed by atoms with Gasteiger partial charge >= 0.3 is 0 Å². The predicted molar refractivity (Wildman–Crippen MR) is 125 cm³/mol. The molecular weight excluding hydrogens is 384 g/mol. The smallest absolute Gasteiger partial charge is 0.251 e. The minimum absolute atomic E-state index is 0.0781. The van der Waals surface area contributed by atoms with Gasteiger partial charge in [-0.15, -0.1) is 0 Å². The zero-order chi connectivity index (χ0) is 22.0. The van der Waals surface area contributed by atoms with Gasteiger partial charge in [-0.3, -0.25) is 4.79 Å². The standard InChI is InChI=1S/C26H28N4O/c1-5-14-30-24(29-23-10-7-13-27-25(23)30)20-8-6-9-21(16-20)26(31)28-19(4)22-12-11-17(2)15-18(22)3/h6-13,15-16,19H,5,14H2,1-4H3,(H,28,31). The number of benzene rings is 2. The molecule has 0 saturated carbocycles. The average Bonchev–Trinajstić information content (AvgIpc) is 3.12. The first kappa shape index (κ1) is 20.8. The molecule has 0 saturated heterocycles. The van der Waals surface area contributed by atoms with Gasteiger partial charge in [-0.25, -0.2) is 9.97 Å². The summed E-state index contributed by atoms with van der Waals surface area (Å²) in [6.45, 7) is 9.14. The first-order chi connectivity index (χ1) is 15.0. The van der Waals surface area contributed by atoms with Crippen LogP contribution in [0.5, 0.6) is 0 Å². The Morgan fingerprint density at radius 3 is 2.71 bits per heavy atom. The summed E-state index contributed by atoms with van der Waals surface area (Å²) in [7, 11) is 0. The number of fused-ring (bicyclic) bond motifs is 1. The van der Waals surface area contributed by atoms with Gasteiger partial charge in [0.15, 0.2) is 5.65 Å². The van der Waals surface area contributed by atoms with E-state index in [9.17, 15) is 4.79 Å². The SMILES string of the molecule is CCCn1c(-c2cccc(C(=O)NC(C)c3ccc(C)cc3C)c2)nc2cccnc21. The highest BCUT2D eigenvalue weighted by atomic mass is 16.1. The van der Waals surface area contributed by atoms with E-state index in [1.165, 1.54) is 11.1 Å². The largest absolute Gasteiger partial charge is 0.346 e. The maximum absolute atomic E-state index is 13.0. The van der Waals surface area contributed by atoms with Crippen molar-refractivity contribution >= 4 is 17.1 Å². The van der Waals surface area contributed by atoms with Crippen molar-refractivity contribution in [2.24, 2.45) is 0 Å². The molecule has 4 aromatic rings. The maximum Gasteiger partial charge on any atom is 0.251 e. The lowest BCUT2D eigenvalue weighted by Crippen LogP contribution is -2.27. The molecule has 1 atom stereocenters. The van der Waals surface area contributed by atoms with Crippen molar-refractivity contribution in [3.63, 3.8) is 0 Å². The third kappa shape index (κ3) is 4.22. The van der Waals surface area contributed by atoms with Gasteiger partial charge in [0.1, 0.15) is 11.3 Å². The average molecular weight is 413 g/mol. The second kappa shape index (κ2) is 8.72. The second-order valence-electron chi connectivity index (χ2n) is 8.07. The number of amides is 1. The Morgan fingerprint density at radius 1 is 1.10 bits per heavy atom. The summed E-state index contributed by atoms with van der Waals surface area (Å²) in [5.41, 5.74) is 6.81. The predicted octanol–water partition coefficient (Wildman–Crippen LogP) is 5.62. The number of carbonyl (C=O) groups is 1. The summed E-state index contributed by atoms with van der Waals surface area (Å²) in [5.74, 6) is 0.748. The fraction of sp³-hybridized carbons (Fsp3) is 0.269. The fourth-order valence-corrected chi connectivity index (χ4v) is 4.08. The fourth-order valence-electron chi connectivity index (χ4n) is 4.08. The van der Waals surface area contributed by atoms with Crippen LogP contribution in [0.2, 0.25) is 0 Å². The van der Waals surface area contributed by atoms with Gasteiger partial charge in [-0.1, -0.05) is 42.8 Å². The monoisotopic (exact) mass is 412 g/mol. The van der Waals surface area contributed by atoms with Crippen molar-refractivity contribution in [1.29, 1.82) is 0 Å². The van der Waals surface area contributed by atoms with E-state index in [2.05, 4.69) is 53.8 Å². The van der Waals surface area contributed by atoms with E-state index in [1.54, 1.807) is 6.20 Å². The molecule has 0 aliphatic carbocycles. The van der Waals surface area contributed by atoms with Crippen LogP contribution in [0.1, 0.15) is 53.4 Å². The summed E-state index contributed by atoms with van der Waals surface area (Å²) >= 11 is 0. The first-order valence-corrected chi connectivity index (χ1v) is 10.8. The number of hydrogen-bond acceptors (Lipinski definition) is 3. The van der Waals surface area contributed by atoms with Crippen molar-refractivity contribution in [3.05, 3.63) is 83.0 Å². The molecule has 1 unspecified atom stereocenters. The summed E-state index contributed by atoms with van der Waals surface area (Å²) in [4.78, 5) is 22.3. The minimum Gasteiger partial charge on any atom is -0.346 e. The van der Waals surface area contributed by atoms with Crippen molar-refractivity contribution in [2.75, 3.05) is 0 Å². The van der Waals surface area contributed by atoms with Gasteiger partial charge in [-0.05, 0) is 62.6 Å². The summed E-state index contributed by atoms with van der Waals surface area (Å²) < 4.78 is 2.13. The molecule has 2 heterocycles. The number of nitrogens with one attached hydrogen (secondary N) is 1. The topological polar surface area (TPSA) is 59.8 Å². The highest BCUT2D eigenvalue weighted by Crippen LogP contribution is 2.25. The lowest BCUT2D eigenvalue weighted by atomic mass is 10.00. The Hall–Kier alpha value is -3.47. The number of rotatable bonds is 6. The molecule has 5 heteroatoms. The molecular formula is C26H28N4O. The lowest BCUT2D eigenvalue weighted by Gasteiger charge is -2.17. The van der Waals surface area contributed by atoms with Crippen molar-refractivity contribution in [2.45, 2.75) is 46.7 Å². The van der Waals surface area contributed by atoms with Gasteiger partial charge in [0.05, 0.1) is 6.04 Å². The maximum atomic E-state index is 13.0. The van der Waals surface area contributed by atoms with Gasteiger partial charge in [-0.2, -0.15) is 0 Å². The van der Waals surface area contributed by atoms with Crippen LogP contribution in [0, 0.1) is 13.8 Å². The van der Waals surface area contributed by atoms with E-state index in [-0.39, 0.29) is 11.9 Å². The number of nitrogens with zero attached hydrogens (tertiary/aromatic N) is 3. The number of imidazole rings is 1. The molecule has 158 valence electrons. The van der Waals surface area contributed by atoms with Crippen LogP contribution in [0.25, 0.3) is 22.6 Å². The van der Waals surface area contributed by atoms with E-state index < -0.39 is 0 Å². The quantitative estimate of drug-likeness (QED) is 0.447. The van der Waals surface area contributed by atoms with Gasteiger partial charge < -0.3 is 9.88 Å². The molecule has 0 aliphatic heterocycles. The number of carbonyl (C=O) groups excluding carboxylic acids is 1. The van der Waals surface area contributed by atoms with Crippen LogP contribution in [0.3, 0.4) is 0 Å². The molecule has 0 spiro atoms. The summed E-state index contributed by atoms with van der Waals surface area (Å²) in [5, 5.41) is 3.14. The number of hydrogen-bond donors (Lipinski definition) is 1. The van der Waals surface area contributed by atoms with Crippen molar-refractivity contribution in [3.8, 4) is 11.4 Å². The van der Waals surface area contributed by atoms with Crippen molar-refractivity contribution < 1.29 is 4.79 Å². The van der Waals surface area contributed by atoms with E-state index in [4.69, 9.17) is 4.98 Å². The highest BCUT2D eigenvalue weighted by molar-refractivity contribution is 5.95. The third-order valence-electron chi connectivity index (χ3n) is 5.57. The Kier molecular flexibility index (Phi) is 5.85. The third-order valence-corrected chi connectivity index (χ3v) is 5.57. The van der Waals surface area contributed by atoms with E-state index in [1.807, 2.05) is 43.3 Å². The lowest BCUT2D eigenvalue weighted by molar-refractivity contribution is 0.0940. The molecule has 2 aromatic heterocycles. The van der Waals surface area contributed by atoms with Crippen LogP contribution in [0.4, 0.5) is 0 Å². The number of pyridine rings is 1. The molecule has 2 aromatic carbocycles. The zero-order valence-electron chi connectivity index (χ0n) is 18.5. The Balaban J connectivity index is 1.63. The molecule has 4 rings (SSSR count). The molecule has 31 heavy (non-hydrogen) atoms. The zero-order valence-corrected chi connectivity index (χ0v) is 18.5. The second-order valence-corrected chi connectivity index (χ2v) is 8.07. The van der Waals surface area contributed by atoms with Gasteiger partial charge in [0.2, 0.25) is 0 Å². The normalized spacial score (nSPS) is 12.1. The van der Waals surface area contributed by atoms with Crippen LogP contribution in [-0.4, -0.2) is 20.4 Å². The highest BCUT2D eigenvalue weighted by Gasteiger charge is 2.17. The van der Waals surface area contributed by atoms with E-state index in [0.29, 0.717) is 5.56 Å². The summed E-state index contributed by atoms with van der Waals surface area (Å²) in [6.07, 6.45) is 2.76. The molecule has 0 fully saturated rings. The first-order valence-electron chi connectivity index (χ1n) is 10.8. The Morgan fingerprint density at radius 2 is 1.94 bits per heavy atom. The molecule has 0 bridgehead atoms. The van der Waals surface area contributed by atoms with E-state index >= 15 is 0 Å². The number of aryl methyl sites for hydroxylation is 3. The van der Waals surface area contributed by atoms with Gasteiger partial charge in [0, 0.05) is 23.9 Å². The van der Waals surface area contributed by atoms with Crippen LogP contribution >= 0.6 is 0 Å². The van der Waals surface area contributed by atoms with Crippen LogP contribution in [-0.2, 0) is 6.54 Å². The molecule has 5 nitrogen and oxygen atoms in total. The molecule has 0 aliphatic rings. The Bertz CT molecular complexity index is 1240. The number of aromatic nitrogens is 3. The molecule has 1 amide bonds. The summed E-state index contributed by atoms with van der Waals surface area (Å²) in [6, 6.07) is 17.8.